The molecule has 0 saturated carbocycles. The molecule has 0 rings (SSSR count). The van der Waals surface area contributed by atoms with Gasteiger partial charge in [-0.15, -0.1) is 0 Å². The molecular formula is C8H16NdO2. The molecule has 1 N–H and O–H groups in total. The van der Waals surface area contributed by atoms with Gasteiger partial charge in [0.15, 0.2) is 0 Å². The van der Waals surface area contributed by atoms with Crippen molar-refractivity contribution in [3.63, 3.8) is 0 Å². The molecular weight excluding hydrogens is 272 g/mol. The van der Waals surface area contributed by atoms with E-state index < -0.39 is 5.97 Å². The van der Waals surface area contributed by atoms with Crippen LogP contribution in [-0.2, 0) is 4.79 Å². The molecule has 0 saturated heterocycles. The Morgan fingerprint density at radius 2 is 1.73 bits per heavy atom. The van der Waals surface area contributed by atoms with Crippen LogP contribution in [0.25, 0.3) is 0 Å². The van der Waals surface area contributed by atoms with Gasteiger partial charge in [-0.3, -0.25) is 4.79 Å². The molecule has 0 spiro atoms. The summed E-state index contributed by atoms with van der Waals surface area (Å²) in [5, 5.41) is 8.27. The average Bonchev–Trinajstić information content (AvgIpc) is 1.87. The van der Waals surface area contributed by atoms with Crippen molar-refractivity contribution in [1.82, 2.24) is 0 Å². The summed E-state index contributed by atoms with van der Waals surface area (Å²) in [7, 11) is 0. The zero-order chi connectivity index (χ0) is 7.82. The van der Waals surface area contributed by atoms with Gasteiger partial charge in [-0.1, -0.05) is 32.6 Å². The van der Waals surface area contributed by atoms with Gasteiger partial charge < -0.3 is 5.11 Å². The number of carboxylic acids is 1. The number of carboxylic acid groups (broad SMARTS) is 1. The van der Waals surface area contributed by atoms with E-state index in [1.54, 1.807) is 0 Å². The van der Waals surface area contributed by atoms with Gasteiger partial charge in [0.05, 0.1) is 0 Å². The SMILES string of the molecule is CCCCCCCC(=O)O.[Nd]. The minimum Gasteiger partial charge on any atom is -0.481 e. The van der Waals surface area contributed by atoms with Crippen molar-refractivity contribution in [3.8, 4) is 0 Å². The van der Waals surface area contributed by atoms with Gasteiger partial charge in [-0.2, -0.15) is 0 Å². The Hall–Kier alpha value is 0.821. The Balaban J connectivity index is 0. The number of hydrogen-bond acceptors (Lipinski definition) is 1. The first-order chi connectivity index (χ1) is 4.77. The third kappa shape index (κ3) is 13.8. The van der Waals surface area contributed by atoms with Gasteiger partial charge in [0, 0.05) is 47.3 Å². The maximum atomic E-state index is 10.0. The van der Waals surface area contributed by atoms with Crippen molar-refractivity contribution in [1.29, 1.82) is 0 Å². The second-order valence-electron chi connectivity index (χ2n) is 2.56. The second kappa shape index (κ2) is 10.8. The number of unbranched alkanes of at least 4 members (excludes halogenated alkanes) is 4. The Labute approximate surface area is 101 Å². The zero-order valence-corrected chi connectivity index (χ0v) is 10.3. The van der Waals surface area contributed by atoms with Gasteiger partial charge in [-0.25, -0.2) is 0 Å². The largest absolute Gasteiger partial charge is 0.481 e. The fourth-order valence-electron chi connectivity index (χ4n) is 0.880. The van der Waals surface area contributed by atoms with E-state index in [4.69, 9.17) is 5.11 Å². The van der Waals surface area contributed by atoms with Gasteiger partial charge in [0.2, 0.25) is 0 Å². The minimum absolute atomic E-state index is 0. The van der Waals surface area contributed by atoms with Crippen molar-refractivity contribution in [3.05, 3.63) is 0 Å². The van der Waals surface area contributed by atoms with Gasteiger partial charge in [0.1, 0.15) is 0 Å². The summed E-state index contributed by atoms with van der Waals surface area (Å²) in [4.78, 5) is 10.0. The van der Waals surface area contributed by atoms with Crippen LogP contribution in [0.5, 0.6) is 0 Å². The van der Waals surface area contributed by atoms with E-state index in [1.165, 1.54) is 19.3 Å². The van der Waals surface area contributed by atoms with Crippen LogP contribution in [0.4, 0.5) is 0 Å². The predicted octanol–water partition coefficient (Wildman–Crippen LogP) is 2.43. The molecule has 0 aromatic carbocycles. The smallest absolute Gasteiger partial charge is 0.303 e. The van der Waals surface area contributed by atoms with Crippen LogP contribution in [0, 0.1) is 40.8 Å². The quantitative estimate of drug-likeness (QED) is 0.762. The number of aliphatic carboxylic acids is 1. The molecule has 64 valence electrons. The monoisotopic (exact) mass is 286 g/mol. The molecule has 0 aliphatic carbocycles. The molecule has 0 aromatic heterocycles. The van der Waals surface area contributed by atoms with Crippen LogP contribution in [0.15, 0.2) is 0 Å². The van der Waals surface area contributed by atoms with Crippen molar-refractivity contribution in [2.75, 3.05) is 0 Å². The van der Waals surface area contributed by atoms with E-state index in [9.17, 15) is 4.79 Å². The standard InChI is InChI=1S/C8H16O2.Nd/c1-2-3-4-5-6-7-8(9)10;/h2-7H2,1H3,(H,9,10);. The third-order valence-corrected chi connectivity index (χ3v) is 1.49. The molecule has 0 aliphatic heterocycles. The van der Waals surface area contributed by atoms with Crippen molar-refractivity contribution < 1.29 is 50.7 Å². The Bertz CT molecular complexity index is 94.1. The van der Waals surface area contributed by atoms with E-state index in [2.05, 4.69) is 6.92 Å². The van der Waals surface area contributed by atoms with Crippen LogP contribution < -0.4 is 0 Å². The van der Waals surface area contributed by atoms with E-state index in [-0.39, 0.29) is 40.8 Å². The normalized spacial score (nSPS) is 8.82. The van der Waals surface area contributed by atoms with E-state index in [0.717, 1.165) is 12.8 Å². The van der Waals surface area contributed by atoms with Crippen LogP contribution in [-0.4, -0.2) is 11.1 Å². The van der Waals surface area contributed by atoms with E-state index in [1.807, 2.05) is 0 Å². The summed E-state index contributed by atoms with van der Waals surface area (Å²) in [6, 6.07) is 0. The summed E-state index contributed by atoms with van der Waals surface area (Å²) in [6.45, 7) is 2.15. The summed E-state index contributed by atoms with van der Waals surface area (Å²) in [6.07, 6.45) is 5.88. The Kier molecular flexibility index (Phi) is 14.1. The van der Waals surface area contributed by atoms with Gasteiger partial charge >= 0.3 is 5.97 Å². The maximum absolute atomic E-state index is 10.0. The van der Waals surface area contributed by atoms with Crippen molar-refractivity contribution in [2.45, 2.75) is 45.4 Å². The van der Waals surface area contributed by atoms with Crippen molar-refractivity contribution >= 4 is 5.97 Å². The third-order valence-electron chi connectivity index (χ3n) is 1.49. The van der Waals surface area contributed by atoms with Crippen LogP contribution in [0.3, 0.4) is 0 Å². The molecule has 11 heavy (non-hydrogen) atoms. The maximum Gasteiger partial charge on any atom is 0.303 e. The molecule has 0 radical (unpaired) electrons. The predicted molar refractivity (Wildman–Crippen MR) is 41.0 cm³/mol. The van der Waals surface area contributed by atoms with Crippen molar-refractivity contribution in [2.24, 2.45) is 0 Å². The van der Waals surface area contributed by atoms with Gasteiger partial charge in [0.25, 0.3) is 0 Å². The Morgan fingerprint density at radius 1 is 1.18 bits per heavy atom. The number of carbonyl (C=O) groups is 1. The topological polar surface area (TPSA) is 37.3 Å². The van der Waals surface area contributed by atoms with E-state index in [0.29, 0.717) is 6.42 Å². The summed E-state index contributed by atoms with van der Waals surface area (Å²) < 4.78 is 0. The molecule has 0 fully saturated rings. The van der Waals surface area contributed by atoms with Crippen LogP contribution >= 0.6 is 0 Å². The molecule has 3 heteroatoms. The fraction of sp³-hybridized carbons (Fsp3) is 0.875. The second-order valence-corrected chi connectivity index (χ2v) is 2.56. The van der Waals surface area contributed by atoms with Gasteiger partial charge in [-0.05, 0) is 6.42 Å². The first-order valence-corrected chi connectivity index (χ1v) is 3.99. The first kappa shape index (κ1) is 14.4. The van der Waals surface area contributed by atoms with Crippen LogP contribution in [0.1, 0.15) is 45.4 Å². The first-order valence-electron chi connectivity index (χ1n) is 3.99. The minimum atomic E-state index is -0.670. The molecule has 2 nitrogen and oxygen atoms in total. The molecule has 0 aromatic rings. The molecule has 0 heterocycles. The Morgan fingerprint density at radius 3 is 2.18 bits per heavy atom. The summed E-state index contributed by atoms with van der Waals surface area (Å²) in [5.41, 5.74) is 0. The zero-order valence-electron chi connectivity index (χ0n) is 7.10. The fourth-order valence-corrected chi connectivity index (χ4v) is 0.880. The average molecular weight is 288 g/mol. The summed E-state index contributed by atoms with van der Waals surface area (Å²) >= 11 is 0. The molecule has 0 atom stereocenters. The number of rotatable bonds is 6. The molecule has 0 aliphatic rings. The molecule has 0 unspecified atom stereocenters. The van der Waals surface area contributed by atoms with E-state index >= 15 is 0 Å². The number of hydrogen-bond donors (Lipinski definition) is 1. The van der Waals surface area contributed by atoms with Crippen LogP contribution in [0.2, 0.25) is 0 Å². The summed E-state index contributed by atoms with van der Waals surface area (Å²) in [5.74, 6) is -0.670. The molecule has 0 bridgehead atoms. The molecule has 0 amide bonds.